The Labute approximate surface area is 300 Å². The smallest absolute Gasteiger partial charge is 0.408 e. The van der Waals surface area contributed by atoms with Gasteiger partial charge in [0.2, 0.25) is 21.8 Å². The Balaban J connectivity index is 1.27. The Morgan fingerprint density at radius 3 is 2.32 bits per heavy atom. The van der Waals surface area contributed by atoms with Gasteiger partial charge in [0.15, 0.2) is 0 Å². The minimum atomic E-state index is -4.31. The SMILES string of the molecule is O=C(N[C@H]1CCCCC/C=C\[C@@H]2C[C@@]2(C(=O)NS(=O)(=O)C2CC2)NC(=O)[C@@H]2C[C@H](OS(=O)(=O)c3ccc(Br)cc3)CN2C1=O)OC1CCCC1. The number of ether oxygens (including phenoxy) is 1. The normalized spacial score (nSPS) is 30.2. The Hall–Kier alpha value is -3.02. The summed E-state index contributed by atoms with van der Waals surface area (Å²) in [5.41, 5.74) is -1.57. The minimum Gasteiger partial charge on any atom is -0.446 e. The molecule has 3 aliphatic carbocycles. The highest BCUT2D eigenvalue weighted by atomic mass is 79.9. The average molecular weight is 800 g/mol. The molecule has 0 unspecified atom stereocenters. The molecular formula is C33H43BrN4O10S2. The molecule has 3 saturated carbocycles. The number of sulfonamides is 1. The van der Waals surface area contributed by atoms with Crippen molar-refractivity contribution in [2.24, 2.45) is 5.92 Å². The summed E-state index contributed by atoms with van der Waals surface area (Å²) in [5.74, 6) is -2.72. The molecule has 2 heterocycles. The molecule has 0 spiro atoms. The third kappa shape index (κ3) is 8.53. The lowest BCUT2D eigenvalue weighted by Gasteiger charge is -2.30. The van der Waals surface area contributed by atoms with Crippen molar-refractivity contribution in [3.8, 4) is 0 Å². The van der Waals surface area contributed by atoms with Crippen molar-refractivity contribution in [2.75, 3.05) is 6.54 Å². The Kier molecular flexibility index (Phi) is 11.0. The first-order valence-electron chi connectivity index (χ1n) is 17.3. The van der Waals surface area contributed by atoms with Crippen LogP contribution in [0.4, 0.5) is 4.79 Å². The van der Waals surface area contributed by atoms with Crippen molar-refractivity contribution >= 4 is 59.9 Å². The van der Waals surface area contributed by atoms with E-state index in [-0.39, 0.29) is 36.8 Å². The van der Waals surface area contributed by atoms with E-state index in [1.807, 2.05) is 6.08 Å². The van der Waals surface area contributed by atoms with E-state index in [1.54, 1.807) is 18.2 Å². The number of carbonyl (C=O) groups is 4. The third-order valence-corrected chi connectivity index (χ3v) is 13.8. The lowest BCUT2D eigenvalue weighted by Crippen LogP contribution is -2.58. The summed E-state index contributed by atoms with van der Waals surface area (Å²) in [5, 5.41) is 4.79. The Morgan fingerprint density at radius 1 is 0.920 bits per heavy atom. The van der Waals surface area contributed by atoms with Crippen LogP contribution >= 0.6 is 15.9 Å². The molecule has 274 valence electrons. The summed E-state index contributed by atoms with van der Waals surface area (Å²) in [4.78, 5) is 56.0. The first-order valence-corrected chi connectivity index (χ1v) is 21.0. The maximum atomic E-state index is 14.3. The van der Waals surface area contributed by atoms with Crippen molar-refractivity contribution in [2.45, 2.75) is 123 Å². The van der Waals surface area contributed by atoms with Crippen molar-refractivity contribution in [3.63, 3.8) is 0 Å². The Morgan fingerprint density at radius 2 is 1.62 bits per heavy atom. The second-order valence-electron chi connectivity index (χ2n) is 13.9. The molecule has 0 radical (unpaired) electrons. The van der Waals surface area contributed by atoms with E-state index in [4.69, 9.17) is 8.92 Å². The van der Waals surface area contributed by atoms with Crippen LogP contribution in [0.25, 0.3) is 0 Å². The van der Waals surface area contributed by atoms with Crippen LogP contribution in [-0.2, 0) is 43.4 Å². The lowest BCUT2D eigenvalue weighted by atomic mass is 10.0. The van der Waals surface area contributed by atoms with Crippen LogP contribution < -0.4 is 15.4 Å². The summed E-state index contributed by atoms with van der Waals surface area (Å²) in [6.07, 6.45) is 8.72. The van der Waals surface area contributed by atoms with E-state index < -0.39 is 78.9 Å². The van der Waals surface area contributed by atoms with Gasteiger partial charge in [-0.3, -0.25) is 23.3 Å². The molecule has 14 nitrogen and oxygen atoms in total. The molecule has 17 heteroatoms. The lowest BCUT2D eigenvalue weighted by molar-refractivity contribution is -0.141. The summed E-state index contributed by atoms with van der Waals surface area (Å²) in [6.45, 7) is -0.291. The number of benzene rings is 1. The molecule has 2 aliphatic heterocycles. The molecule has 1 aromatic rings. The molecule has 50 heavy (non-hydrogen) atoms. The number of nitrogens with one attached hydrogen (secondary N) is 3. The van der Waals surface area contributed by atoms with Gasteiger partial charge < -0.3 is 20.3 Å². The molecule has 0 aromatic heterocycles. The second-order valence-corrected chi connectivity index (χ2v) is 18.3. The van der Waals surface area contributed by atoms with Gasteiger partial charge in [0.05, 0.1) is 16.2 Å². The summed E-state index contributed by atoms with van der Waals surface area (Å²) < 4.78 is 65.9. The number of halogens is 1. The largest absolute Gasteiger partial charge is 0.446 e. The van der Waals surface area contributed by atoms with Gasteiger partial charge in [-0.25, -0.2) is 13.2 Å². The van der Waals surface area contributed by atoms with E-state index in [1.165, 1.54) is 17.0 Å². The number of rotatable bonds is 8. The van der Waals surface area contributed by atoms with Gasteiger partial charge in [-0.15, -0.1) is 0 Å². The zero-order chi connectivity index (χ0) is 35.7. The molecule has 0 bridgehead atoms. The zero-order valence-corrected chi connectivity index (χ0v) is 30.8. The first kappa shape index (κ1) is 36.8. The fraction of sp³-hybridized carbons (Fsp3) is 0.636. The van der Waals surface area contributed by atoms with Crippen LogP contribution in [0.3, 0.4) is 0 Å². The molecule has 1 saturated heterocycles. The maximum absolute atomic E-state index is 14.3. The van der Waals surface area contributed by atoms with Crippen molar-refractivity contribution in [3.05, 3.63) is 40.9 Å². The van der Waals surface area contributed by atoms with E-state index in [0.29, 0.717) is 30.2 Å². The van der Waals surface area contributed by atoms with Crippen LogP contribution in [0.2, 0.25) is 0 Å². The predicted molar refractivity (Wildman–Crippen MR) is 183 cm³/mol. The molecule has 5 atom stereocenters. The van der Waals surface area contributed by atoms with E-state index in [0.717, 1.165) is 38.5 Å². The number of amides is 4. The van der Waals surface area contributed by atoms with E-state index >= 15 is 0 Å². The molecule has 3 N–H and O–H groups in total. The van der Waals surface area contributed by atoms with Crippen molar-refractivity contribution < 1.29 is 44.9 Å². The van der Waals surface area contributed by atoms with Crippen LogP contribution in [0.15, 0.2) is 45.8 Å². The van der Waals surface area contributed by atoms with Gasteiger partial charge in [-0.2, -0.15) is 8.42 Å². The molecule has 4 fully saturated rings. The van der Waals surface area contributed by atoms with Crippen molar-refractivity contribution in [1.82, 2.24) is 20.3 Å². The van der Waals surface area contributed by atoms with Crippen LogP contribution in [0.5, 0.6) is 0 Å². The van der Waals surface area contributed by atoms with E-state index in [9.17, 15) is 36.0 Å². The molecule has 6 rings (SSSR count). The predicted octanol–water partition coefficient (Wildman–Crippen LogP) is 3.16. The average Bonchev–Trinajstić information content (AvgIpc) is 3.93. The van der Waals surface area contributed by atoms with Gasteiger partial charge in [0.1, 0.15) is 23.7 Å². The van der Waals surface area contributed by atoms with Crippen LogP contribution in [-0.4, -0.2) is 87.2 Å². The summed E-state index contributed by atoms with van der Waals surface area (Å²) >= 11 is 3.27. The highest BCUT2D eigenvalue weighted by Crippen LogP contribution is 2.46. The topological polar surface area (TPSA) is 194 Å². The monoisotopic (exact) mass is 798 g/mol. The minimum absolute atomic E-state index is 0.116. The zero-order valence-electron chi connectivity index (χ0n) is 27.6. The van der Waals surface area contributed by atoms with Crippen molar-refractivity contribution in [1.29, 1.82) is 0 Å². The molecular weight excluding hydrogens is 756 g/mol. The number of allylic oxidation sites excluding steroid dienone is 1. The highest BCUT2D eigenvalue weighted by Gasteiger charge is 2.62. The Bertz CT molecular complexity index is 1730. The molecule has 1 aromatic carbocycles. The summed E-state index contributed by atoms with van der Waals surface area (Å²) in [6, 6.07) is 3.45. The van der Waals surface area contributed by atoms with E-state index in [2.05, 4.69) is 31.3 Å². The number of hydrogen-bond acceptors (Lipinski definition) is 10. The first-order chi connectivity index (χ1) is 23.8. The summed E-state index contributed by atoms with van der Waals surface area (Å²) in [7, 11) is -8.24. The maximum Gasteiger partial charge on any atom is 0.408 e. The van der Waals surface area contributed by atoms with Gasteiger partial charge in [-0.05, 0) is 88.5 Å². The number of hydrogen-bond donors (Lipinski definition) is 3. The van der Waals surface area contributed by atoms with Crippen LogP contribution in [0, 0.1) is 5.92 Å². The highest BCUT2D eigenvalue weighted by molar-refractivity contribution is 9.10. The number of carbonyl (C=O) groups excluding carboxylic acids is 4. The molecule has 4 amide bonds. The number of alkyl carbamates (subject to hydrolysis) is 1. The number of nitrogens with zero attached hydrogens (tertiary/aromatic N) is 1. The standard InChI is InChI=1S/C33H43BrN4O10S2/c34-22-12-14-26(15-13-22)50(45,46)48-24-18-28-29(39)36-33(31(41)37-49(43,44)25-16-17-25)19-21(33)8-4-2-1-3-5-11-27(30(40)38(28)20-24)35-32(42)47-23-9-6-7-10-23/h4,8,12-15,21,23-25,27-28H,1-3,5-7,9-11,16-20H2,(H,35,42)(H,36,39)(H,37,41)/b8-4-/t21-,24+,27+,28+,33-/m1/s1. The van der Waals surface area contributed by atoms with Gasteiger partial charge >= 0.3 is 6.09 Å². The molecule has 5 aliphatic rings. The fourth-order valence-corrected chi connectivity index (χ4v) is 9.71. The van der Waals surface area contributed by atoms with Crippen LogP contribution in [0.1, 0.15) is 83.5 Å². The number of fused-ring (bicyclic) bond motifs is 2. The van der Waals surface area contributed by atoms with Gasteiger partial charge in [0, 0.05) is 23.4 Å². The fourth-order valence-electron chi connectivity index (χ4n) is 7.00. The van der Waals surface area contributed by atoms with Gasteiger partial charge in [0.25, 0.3) is 16.0 Å². The second kappa shape index (κ2) is 14.9. The van der Waals surface area contributed by atoms with Gasteiger partial charge in [-0.1, -0.05) is 40.9 Å². The quantitative estimate of drug-likeness (QED) is 0.260. The third-order valence-electron chi connectivity index (χ3n) is 10.1.